The summed E-state index contributed by atoms with van der Waals surface area (Å²) in [6, 6.07) is 12.9. The van der Waals surface area contributed by atoms with Gasteiger partial charge in [-0.3, -0.25) is 9.78 Å². The predicted molar refractivity (Wildman–Crippen MR) is 81.5 cm³/mol. The van der Waals surface area contributed by atoms with Crippen LogP contribution in [0, 0.1) is 0 Å². The Morgan fingerprint density at radius 1 is 1.24 bits per heavy atom. The largest absolute Gasteiger partial charge is 0.397 e. The molecule has 0 fully saturated rings. The molecule has 0 bridgehead atoms. The third kappa shape index (κ3) is 4.89. The molecule has 0 aliphatic carbocycles. The summed E-state index contributed by atoms with van der Waals surface area (Å²) in [5.74, 6) is -0.165. The molecule has 2 aromatic rings. The molecule has 1 atom stereocenters. The van der Waals surface area contributed by atoms with E-state index in [1.165, 1.54) is 6.20 Å². The Labute approximate surface area is 123 Å². The number of carbonyl (C=O) groups is 1. The zero-order chi connectivity index (χ0) is 15.1. The first-order chi connectivity index (χ1) is 10.2. The summed E-state index contributed by atoms with van der Waals surface area (Å²) >= 11 is 0. The number of nitrogens with zero attached hydrogens (tertiary/aromatic N) is 1. The summed E-state index contributed by atoms with van der Waals surface area (Å²) in [5, 5.41) is 12.2. The van der Waals surface area contributed by atoms with Gasteiger partial charge >= 0.3 is 0 Å². The quantitative estimate of drug-likeness (QED) is 0.736. The SMILES string of the molecule is Nc1ccc(CC(=O)N[C@@H](CO)Cc2ccccc2)nc1. The number of aromatic nitrogens is 1. The average molecular weight is 285 g/mol. The Balaban J connectivity index is 1.89. The fraction of sp³-hybridized carbons (Fsp3) is 0.250. The third-order valence-corrected chi connectivity index (χ3v) is 3.10. The lowest BCUT2D eigenvalue weighted by Crippen LogP contribution is -2.40. The normalized spacial score (nSPS) is 11.9. The number of anilines is 1. The minimum atomic E-state index is -0.298. The van der Waals surface area contributed by atoms with Gasteiger partial charge < -0.3 is 16.2 Å². The molecule has 1 aromatic carbocycles. The van der Waals surface area contributed by atoms with E-state index in [1.807, 2.05) is 30.3 Å². The van der Waals surface area contributed by atoms with Crippen LogP contribution in [0.5, 0.6) is 0 Å². The summed E-state index contributed by atoms with van der Waals surface area (Å²) < 4.78 is 0. The predicted octanol–water partition coefficient (Wildman–Crippen LogP) is 0.926. The second kappa shape index (κ2) is 7.40. The van der Waals surface area contributed by atoms with Gasteiger partial charge in [0.05, 0.1) is 31.0 Å². The highest BCUT2D eigenvalue weighted by molar-refractivity contribution is 5.78. The number of aliphatic hydroxyl groups is 1. The maximum Gasteiger partial charge on any atom is 0.226 e. The van der Waals surface area contributed by atoms with E-state index in [-0.39, 0.29) is 25.0 Å². The summed E-state index contributed by atoms with van der Waals surface area (Å²) in [5.41, 5.74) is 7.84. The number of hydrogen-bond acceptors (Lipinski definition) is 4. The van der Waals surface area contributed by atoms with Crippen LogP contribution < -0.4 is 11.1 Å². The number of nitrogen functional groups attached to an aromatic ring is 1. The maximum atomic E-state index is 12.0. The van der Waals surface area contributed by atoms with Crippen molar-refractivity contribution < 1.29 is 9.90 Å². The van der Waals surface area contributed by atoms with E-state index in [2.05, 4.69) is 10.3 Å². The van der Waals surface area contributed by atoms with Crippen LogP contribution in [0.1, 0.15) is 11.3 Å². The second-order valence-electron chi connectivity index (χ2n) is 4.90. The van der Waals surface area contributed by atoms with Crippen molar-refractivity contribution in [2.75, 3.05) is 12.3 Å². The van der Waals surface area contributed by atoms with Gasteiger partial charge in [-0.2, -0.15) is 0 Å². The van der Waals surface area contributed by atoms with Gasteiger partial charge in [0, 0.05) is 5.69 Å². The Bertz CT molecular complexity index is 570. The van der Waals surface area contributed by atoms with Crippen molar-refractivity contribution in [2.45, 2.75) is 18.9 Å². The van der Waals surface area contributed by atoms with Gasteiger partial charge in [-0.05, 0) is 24.1 Å². The zero-order valence-corrected chi connectivity index (χ0v) is 11.7. The number of carbonyl (C=O) groups excluding carboxylic acids is 1. The Morgan fingerprint density at radius 2 is 2.00 bits per heavy atom. The van der Waals surface area contributed by atoms with Crippen LogP contribution in [-0.4, -0.2) is 28.6 Å². The smallest absolute Gasteiger partial charge is 0.226 e. The van der Waals surface area contributed by atoms with Crippen LogP contribution in [0.3, 0.4) is 0 Å². The highest BCUT2D eigenvalue weighted by Crippen LogP contribution is 2.05. The monoisotopic (exact) mass is 285 g/mol. The molecule has 5 heteroatoms. The van der Waals surface area contributed by atoms with Crippen molar-refractivity contribution in [1.29, 1.82) is 0 Å². The molecule has 0 unspecified atom stereocenters. The Kier molecular flexibility index (Phi) is 5.29. The number of hydrogen-bond donors (Lipinski definition) is 3. The molecule has 110 valence electrons. The maximum absolute atomic E-state index is 12.0. The van der Waals surface area contributed by atoms with Crippen LogP contribution in [0.2, 0.25) is 0 Å². The van der Waals surface area contributed by atoms with Gasteiger partial charge in [0.25, 0.3) is 0 Å². The number of nitrogens with one attached hydrogen (secondary N) is 1. The molecule has 1 aromatic heterocycles. The van der Waals surface area contributed by atoms with Crippen molar-refractivity contribution in [2.24, 2.45) is 0 Å². The van der Waals surface area contributed by atoms with E-state index in [4.69, 9.17) is 5.73 Å². The van der Waals surface area contributed by atoms with Crippen molar-refractivity contribution >= 4 is 11.6 Å². The number of pyridine rings is 1. The van der Waals surface area contributed by atoms with Crippen molar-refractivity contribution in [3.63, 3.8) is 0 Å². The minimum Gasteiger partial charge on any atom is -0.397 e. The molecule has 0 saturated heterocycles. The minimum absolute atomic E-state index is 0.101. The lowest BCUT2D eigenvalue weighted by Gasteiger charge is -2.16. The zero-order valence-electron chi connectivity index (χ0n) is 11.7. The molecule has 0 spiro atoms. The fourth-order valence-electron chi connectivity index (χ4n) is 2.04. The molecule has 0 saturated carbocycles. The van der Waals surface area contributed by atoms with Crippen LogP contribution in [-0.2, 0) is 17.6 Å². The van der Waals surface area contributed by atoms with Crippen LogP contribution in [0.25, 0.3) is 0 Å². The highest BCUT2D eigenvalue weighted by atomic mass is 16.3. The number of benzene rings is 1. The van der Waals surface area contributed by atoms with Crippen LogP contribution in [0.4, 0.5) is 5.69 Å². The lowest BCUT2D eigenvalue weighted by molar-refractivity contribution is -0.121. The van der Waals surface area contributed by atoms with Crippen LogP contribution >= 0.6 is 0 Å². The lowest BCUT2D eigenvalue weighted by atomic mass is 10.1. The van der Waals surface area contributed by atoms with E-state index in [0.29, 0.717) is 17.8 Å². The van der Waals surface area contributed by atoms with E-state index >= 15 is 0 Å². The first kappa shape index (κ1) is 15.0. The standard InChI is InChI=1S/C16H19N3O2/c17-13-6-7-14(18-10-13)9-16(21)19-15(11-20)8-12-4-2-1-3-5-12/h1-7,10,15,20H,8-9,11,17H2,(H,19,21)/t15-/m1/s1. The third-order valence-electron chi connectivity index (χ3n) is 3.10. The van der Waals surface area contributed by atoms with E-state index < -0.39 is 0 Å². The summed E-state index contributed by atoms with van der Waals surface area (Å²) in [6.45, 7) is -0.101. The molecule has 1 heterocycles. The molecule has 1 amide bonds. The van der Waals surface area contributed by atoms with Gasteiger partial charge in [0.15, 0.2) is 0 Å². The summed E-state index contributed by atoms with van der Waals surface area (Å²) in [7, 11) is 0. The first-order valence-electron chi connectivity index (χ1n) is 6.82. The fourth-order valence-corrected chi connectivity index (χ4v) is 2.04. The van der Waals surface area contributed by atoms with Gasteiger partial charge in [-0.15, -0.1) is 0 Å². The topological polar surface area (TPSA) is 88.2 Å². The number of rotatable bonds is 6. The number of amides is 1. The van der Waals surface area contributed by atoms with E-state index in [9.17, 15) is 9.90 Å². The molecule has 0 radical (unpaired) electrons. The van der Waals surface area contributed by atoms with Gasteiger partial charge in [0.1, 0.15) is 0 Å². The molecule has 5 nitrogen and oxygen atoms in total. The molecule has 0 aliphatic rings. The van der Waals surface area contributed by atoms with E-state index in [0.717, 1.165) is 5.56 Å². The molecular weight excluding hydrogens is 266 g/mol. The van der Waals surface area contributed by atoms with Crippen molar-refractivity contribution in [1.82, 2.24) is 10.3 Å². The second-order valence-corrected chi connectivity index (χ2v) is 4.90. The molecule has 4 N–H and O–H groups in total. The van der Waals surface area contributed by atoms with Gasteiger partial charge in [0.2, 0.25) is 5.91 Å². The van der Waals surface area contributed by atoms with Crippen LogP contribution in [0.15, 0.2) is 48.7 Å². The summed E-state index contributed by atoms with van der Waals surface area (Å²) in [4.78, 5) is 16.1. The average Bonchev–Trinajstić information content (AvgIpc) is 2.50. The molecular formula is C16H19N3O2. The van der Waals surface area contributed by atoms with Crippen molar-refractivity contribution in [3.05, 3.63) is 59.9 Å². The van der Waals surface area contributed by atoms with Gasteiger partial charge in [-0.25, -0.2) is 0 Å². The van der Waals surface area contributed by atoms with E-state index in [1.54, 1.807) is 12.1 Å². The number of nitrogens with two attached hydrogens (primary N) is 1. The Hall–Kier alpha value is -2.40. The summed E-state index contributed by atoms with van der Waals surface area (Å²) in [6.07, 6.45) is 2.29. The first-order valence-corrected chi connectivity index (χ1v) is 6.82. The highest BCUT2D eigenvalue weighted by Gasteiger charge is 2.13. The molecule has 0 aliphatic heterocycles. The number of aliphatic hydroxyl groups excluding tert-OH is 1. The van der Waals surface area contributed by atoms with Gasteiger partial charge in [-0.1, -0.05) is 30.3 Å². The molecule has 2 rings (SSSR count). The molecule has 21 heavy (non-hydrogen) atoms. The van der Waals surface area contributed by atoms with Crippen molar-refractivity contribution in [3.8, 4) is 0 Å². The Morgan fingerprint density at radius 3 is 2.62 bits per heavy atom.